The number of halogens is 1. The molecule has 0 fully saturated rings. The van der Waals surface area contributed by atoms with Crippen molar-refractivity contribution in [3.05, 3.63) is 71.3 Å². The zero-order valence-electron chi connectivity index (χ0n) is 12.5. The van der Waals surface area contributed by atoms with E-state index < -0.39 is 0 Å². The minimum Gasteiger partial charge on any atom is -0.0832 e. The van der Waals surface area contributed by atoms with Gasteiger partial charge in [0.05, 0.1) is 0 Å². The SMILES string of the molecule is CCC(C)c1ccc(C(Br)C(C)c2ccccc2)cc1. The molecule has 1 heteroatoms. The van der Waals surface area contributed by atoms with E-state index >= 15 is 0 Å². The van der Waals surface area contributed by atoms with Crippen LogP contribution in [0.25, 0.3) is 0 Å². The van der Waals surface area contributed by atoms with E-state index in [2.05, 4.69) is 91.3 Å². The molecule has 2 rings (SSSR count). The van der Waals surface area contributed by atoms with Crippen LogP contribution in [0.3, 0.4) is 0 Å². The Kier molecular flexibility index (Phi) is 5.42. The van der Waals surface area contributed by atoms with Crippen LogP contribution >= 0.6 is 15.9 Å². The molecule has 0 spiro atoms. The van der Waals surface area contributed by atoms with Crippen molar-refractivity contribution in [2.75, 3.05) is 0 Å². The third-order valence-electron chi connectivity index (χ3n) is 4.20. The van der Waals surface area contributed by atoms with Crippen molar-refractivity contribution in [3.63, 3.8) is 0 Å². The molecule has 0 heterocycles. The molecule has 0 bridgehead atoms. The maximum absolute atomic E-state index is 3.87. The fourth-order valence-corrected chi connectivity index (χ4v) is 3.07. The Labute approximate surface area is 131 Å². The van der Waals surface area contributed by atoms with Crippen LogP contribution in [0.5, 0.6) is 0 Å². The summed E-state index contributed by atoms with van der Waals surface area (Å²) < 4.78 is 0. The van der Waals surface area contributed by atoms with Crippen molar-refractivity contribution < 1.29 is 0 Å². The highest BCUT2D eigenvalue weighted by Crippen LogP contribution is 2.37. The topological polar surface area (TPSA) is 0 Å². The zero-order chi connectivity index (χ0) is 14.5. The van der Waals surface area contributed by atoms with Crippen molar-refractivity contribution in [1.29, 1.82) is 0 Å². The van der Waals surface area contributed by atoms with Crippen molar-refractivity contribution in [1.82, 2.24) is 0 Å². The first-order chi connectivity index (χ1) is 9.63. The van der Waals surface area contributed by atoms with Gasteiger partial charge in [-0.05, 0) is 34.9 Å². The molecule has 106 valence electrons. The summed E-state index contributed by atoms with van der Waals surface area (Å²) in [5.41, 5.74) is 4.16. The summed E-state index contributed by atoms with van der Waals surface area (Å²) in [6.45, 7) is 6.80. The maximum atomic E-state index is 3.87. The Balaban J connectivity index is 2.15. The van der Waals surface area contributed by atoms with Gasteiger partial charge in [0.1, 0.15) is 0 Å². The number of hydrogen-bond acceptors (Lipinski definition) is 0. The average Bonchev–Trinajstić information content (AvgIpc) is 2.53. The molecular weight excluding hydrogens is 308 g/mol. The normalized spacial score (nSPS) is 15.6. The van der Waals surface area contributed by atoms with Gasteiger partial charge in [0.25, 0.3) is 0 Å². The van der Waals surface area contributed by atoms with E-state index in [1.165, 1.54) is 23.1 Å². The Bertz CT molecular complexity index is 515. The summed E-state index contributed by atoms with van der Waals surface area (Å²) in [4.78, 5) is 0.357. The number of rotatable bonds is 5. The molecule has 0 aliphatic heterocycles. The van der Waals surface area contributed by atoms with Gasteiger partial charge in [-0.15, -0.1) is 0 Å². The highest BCUT2D eigenvalue weighted by Gasteiger charge is 2.17. The van der Waals surface area contributed by atoms with Gasteiger partial charge in [-0.3, -0.25) is 0 Å². The minimum atomic E-state index is 0.357. The molecule has 0 saturated heterocycles. The Morgan fingerprint density at radius 2 is 1.35 bits per heavy atom. The van der Waals surface area contributed by atoms with Gasteiger partial charge in [0.15, 0.2) is 0 Å². The Hall–Kier alpha value is -1.08. The monoisotopic (exact) mass is 330 g/mol. The van der Waals surface area contributed by atoms with Gasteiger partial charge in [0, 0.05) is 4.83 Å². The van der Waals surface area contributed by atoms with Crippen molar-refractivity contribution in [3.8, 4) is 0 Å². The number of hydrogen-bond donors (Lipinski definition) is 0. The standard InChI is InChI=1S/C19H23Br/c1-4-14(2)16-10-12-18(13-11-16)19(20)15(3)17-8-6-5-7-9-17/h5-15,19H,4H2,1-3H3. The van der Waals surface area contributed by atoms with Crippen LogP contribution < -0.4 is 0 Å². The molecule has 2 aromatic rings. The average molecular weight is 331 g/mol. The lowest BCUT2D eigenvalue weighted by Gasteiger charge is -2.20. The molecule has 0 saturated carbocycles. The van der Waals surface area contributed by atoms with Crippen LogP contribution in [0, 0.1) is 0 Å². The predicted molar refractivity (Wildman–Crippen MR) is 91.7 cm³/mol. The molecular formula is C19H23Br. The summed E-state index contributed by atoms with van der Waals surface area (Å²) in [6.07, 6.45) is 1.19. The summed E-state index contributed by atoms with van der Waals surface area (Å²) in [6, 6.07) is 19.8. The van der Waals surface area contributed by atoms with Crippen molar-refractivity contribution in [2.24, 2.45) is 0 Å². The van der Waals surface area contributed by atoms with Gasteiger partial charge in [-0.25, -0.2) is 0 Å². The van der Waals surface area contributed by atoms with Crippen molar-refractivity contribution >= 4 is 15.9 Å². The van der Waals surface area contributed by atoms with E-state index in [0.717, 1.165) is 0 Å². The third kappa shape index (κ3) is 3.52. The van der Waals surface area contributed by atoms with Gasteiger partial charge in [-0.2, -0.15) is 0 Å². The van der Waals surface area contributed by atoms with Crippen molar-refractivity contribution in [2.45, 2.75) is 43.9 Å². The van der Waals surface area contributed by atoms with Crippen LogP contribution in [-0.4, -0.2) is 0 Å². The van der Waals surface area contributed by atoms with Crippen LogP contribution in [0.15, 0.2) is 54.6 Å². The Morgan fingerprint density at radius 1 is 0.800 bits per heavy atom. The smallest absolute Gasteiger partial charge is 0.0461 e. The molecule has 3 unspecified atom stereocenters. The first-order valence-electron chi connectivity index (χ1n) is 7.42. The number of alkyl halides is 1. The lowest BCUT2D eigenvalue weighted by molar-refractivity contribution is 0.728. The lowest BCUT2D eigenvalue weighted by atomic mass is 9.91. The van der Waals surface area contributed by atoms with Gasteiger partial charge >= 0.3 is 0 Å². The highest BCUT2D eigenvalue weighted by molar-refractivity contribution is 9.09. The van der Waals surface area contributed by atoms with E-state index in [4.69, 9.17) is 0 Å². The van der Waals surface area contributed by atoms with Crippen LogP contribution in [0.4, 0.5) is 0 Å². The van der Waals surface area contributed by atoms with E-state index in [9.17, 15) is 0 Å². The fourth-order valence-electron chi connectivity index (χ4n) is 2.46. The van der Waals surface area contributed by atoms with E-state index in [-0.39, 0.29) is 0 Å². The van der Waals surface area contributed by atoms with Crippen LogP contribution in [0.2, 0.25) is 0 Å². The highest BCUT2D eigenvalue weighted by atomic mass is 79.9. The van der Waals surface area contributed by atoms with E-state index in [1.807, 2.05) is 0 Å². The third-order valence-corrected chi connectivity index (χ3v) is 5.52. The summed E-state index contributed by atoms with van der Waals surface area (Å²) in [5, 5.41) is 0. The van der Waals surface area contributed by atoms with Gasteiger partial charge in [0.2, 0.25) is 0 Å². The second-order valence-electron chi connectivity index (χ2n) is 5.58. The number of benzene rings is 2. The predicted octanol–water partition coefficient (Wildman–Crippen LogP) is 6.44. The molecule has 0 amide bonds. The fraction of sp³-hybridized carbons (Fsp3) is 0.368. The molecule has 0 aliphatic carbocycles. The largest absolute Gasteiger partial charge is 0.0832 e. The van der Waals surface area contributed by atoms with Gasteiger partial charge in [-0.1, -0.05) is 91.3 Å². The molecule has 0 aromatic heterocycles. The zero-order valence-corrected chi connectivity index (χ0v) is 14.1. The molecule has 0 nitrogen and oxygen atoms in total. The van der Waals surface area contributed by atoms with E-state index in [1.54, 1.807) is 0 Å². The molecule has 0 N–H and O–H groups in total. The van der Waals surface area contributed by atoms with Gasteiger partial charge < -0.3 is 0 Å². The maximum Gasteiger partial charge on any atom is 0.0461 e. The molecule has 20 heavy (non-hydrogen) atoms. The second kappa shape index (κ2) is 7.08. The van der Waals surface area contributed by atoms with E-state index in [0.29, 0.717) is 16.7 Å². The second-order valence-corrected chi connectivity index (χ2v) is 6.56. The molecule has 0 aliphatic rings. The van der Waals surface area contributed by atoms with Crippen LogP contribution in [0.1, 0.15) is 60.5 Å². The molecule has 0 radical (unpaired) electrons. The lowest BCUT2D eigenvalue weighted by Crippen LogP contribution is -2.02. The first-order valence-corrected chi connectivity index (χ1v) is 8.34. The summed E-state index contributed by atoms with van der Waals surface area (Å²) in [5.74, 6) is 1.11. The summed E-state index contributed by atoms with van der Waals surface area (Å²) in [7, 11) is 0. The molecule has 2 aromatic carbocycles. The quantitative estimate of drug-likeness (QED) is 0.553. The van der Waals surface area contributed by atoms with Crippen LogP contribution in [-0.2, 0) is 0 Å². The summed E-state index contributed by atoms with van der Waals surface area (Å²) >= 11 is 3.87. The minimum absolute atomic E-state index is 0.357. The molecule has 3 atom stereocenters. The Morgan fingerprint density at radius 3 is 1.90 bits per heavy atom. The first kappa shape index (κ1) is 15.3.